The van der Waals surface area contributed by atoms with E-state index < -0.39 is 0 Å². The van der Waals surface area contributed by atoms with Crippen molar-refractivity contribution in [1.82, 2.24) is 5.32 Å². The number of carbonyl (C=O) groups excluding carboxylic acids is 2. The van der Waals surface area contributed by atoms with Gasteiger partial charge in [-0.05, 0) is 49.6 Å². The van der Waals surface area contributed by atoms with Crippen molar-refractivity contribution in [2.24, 2.45) is 5.92 Å². The van der Waals surface area contributed by atoms with E-state index in [1.165, 1.54) is 5.56 Å². The maximum absolute atomic E-state index is 12.6. The van der Waals surface area contributed by atoms with Gasteiger partial charge in [0.2, 0.25) is 11.8 Å². The SMILES string of the molecule is COc1ccc(N2CC(C(=O)NC(C)CCc3ccccc3)CC2=O)cc1. The number of ether oxygens (including phenoxy) is 1. The van der Waals surface area contributed by atoms with Crippen LogP contribution in [0.1, 0.15) is 25.3 Å². The smallest absolute Gasteiger partial charge is 0.227 e. The second-order valence-electron chi connectivity index (χ2n) is 7.04. The number of nitrogens with zero attached hydrogens (tertiary/aromatic N) is 1. The topological polar surface area (TPSA) is 58.6 Å². The van der Waals surface area contributed by atoms with E-state index in [1.54, 1.807) is 12.0 Å². The Bertz CT molecular complexity index is 774. The Balaban J connectivity index is 1.52. The highest BCUT2D eigenvalue weighted by Crippen LogP contribution is 2.27. The second-order valence-corrected chi connectivity index (χ2v) is 7.04. The minimum Gasteiger partial charge on any atom is -0.497 e. The number of methoxy groups -OCH3 is 1. The number of amides is 2. The summed E-state index contributed by atoms with van der Waals surface area (Å²) in [6.45, 7) is 2.43. The van der Waals surface area contributed by atoms with E-state index in [9.17, 15) is 9.59 Å². The summed E-state index contributed by atoms with van der Waals surface area (Å²) in [5, 5.41) is 3.07. The predicted octanol–water partition coefficient (Wildman–Crippen LogP) is 3.19. The molecule has 1 N–H and O–H groups in total. The first kappa shape index (κ1) is 19.0. The Morgan fingerprint density at radius 1 is 1.19 bits per heavy atom. The molecule has 142 valence electrons. The molecule has 0 bridgehead atoms. The second kappa shape index (κ2) is 8.71. The lowest BCUT2D eigenvalue weighted by molar-refractivity contribution is -0.126. The Kier molecular flexibility index (Phi) is 6.12. The minimum absolute atomic E-state index is 0.0164. The number of benzene rings is 2. The fourth-order valence-corrected chi connectivity index (χ4v) is 3.36. The molecule has 2 amide bonds. The number of nitrogens with one attached hydrogen (secondary N) is 1. The zero-order valence-electron chi connectivity index (χ0n) is 15.9. The standard InChI is InChI=1S/C22H26N2O3/c1-16(8-9-17-6-4-3-5-7-17)23-22(26)18-14-21(25)24(15-18)19-10-12-20(27-2)13-11-19/h3-7,10-13,16,18H,8-9,14-15H2,1-2H3,(H,23,26). The maximum atomic E-state index is 12.6. The number of rotatable bonds is 7. The number of carbonyl (C=O) groups is 2. The molecule has 0 saturated carbocycles. The van der Waals surface area contributed by atoms with Gasteiger partial charge in [-0.2, -0.15) is 0 Å². The van der Waals surface area contributed by atoms with Gasteiger partial charge in [-0.1, -0.05) is 30.3 Å². The molecule has 2 unspecified atom stereocenters. The van der Waals surface area contributed by atoms with E-state index in [0.29, 0.717) is 6.54 Å². The van der Waals surface area contributed by atoms with E-state index in [-0.39, 0.29) is 30.2 Å². The van der Waals surface area contributed by atoms with Gasteiger partial charge in [0, 0.05) is 24.7 Å². The average Bonchev–Trinajstić information content (AvgIpc) is 3.09. The molecule has 0 aromatic heterocycles. The lowest BCUT2D eigenvalue weighted by atomic mass is 10.0. The molecule has 0 aliphatic carbocycles. The van der Waals surface area contributed by atoms with Crippen LogP contribution in [0.2, 0.25) is 0 Å². The number of aryl methyl sites for hydroxylation is 1. The molecule has 1 aliphatic rings. The van der Waals surface area contributed by atoms with Crippen LogP contribution in [0.3, 0.4) is 0 Å². The molecule has 1 saturated heterocycles. The lowest BCUT2D eigenvalue weighted by Gasteiger charge is -2.19. The number of hydrogen-bond acceptors (Lipinski definition) is 3. The zero-order chi connectivity index (χ0) is 19.2. The summed E-state index contributed by atoms with van der Waals surface area (Å²) < 4.78 is 5.15. The molecule has 2 aromatic rings. The van der Waals surface area contributed by atoms with Crippen LogP contribution >= 0.6 is 0 Å². The Hall–Kier alpha value is -2.82. The largest absolute Gasteiger partial charge is 0.497 e. The number of anilines is 1. The van der Waals surface area contributed by atoms with E-state index in [4.69, 9.17) is 4.74 Å². The van der Waals surface area contributed by atoms with Crippen molar-refractivity contribution in [3.63, 3.8) is 0 Å². The van der Waals surface area contributed by atoms with Gasteiger partial charge in [-0.3, -0.25) is 9.59 Å². The van der Waals surface area contributed by atoms with Crippen LogP contribution < -0.4 is 15.0 Å². The molecular formula is C22H26N2O3. The van der Waals surface area contributed by atoms with Gasteiger partial charge in [-0.25, -0.2) is 0 Å². The predicted molar refractivity (Wildman–Crippen MR) is 106 cm³/mol. The molecule has 0 radical (unpaired) electrons. The van der Waals surface area contributed by atoms with Crippen molar-refractivity contribution in [1.29, 1.82) is 0 Å². The first-order valence-electron chi connectivity index (χ1n) is 9.35. The van der Waals surface area contributed by atoms with Crippen molar-refractivity contribution in [2.75, 3.05) is 18.6 Å². The first-order chi connectivity index (χ1) is 13.1. The van der Waals surface area contributed by atoms with Crippen LogP contribution in [0.25, 0.3) is 0 Å². The van der Waals surface area contributed by atoms with Gasteiger partial charge in [-0.15, -0.1) is 0 Å². The van der Waals surface area contributed by atoms with Crippen molar-refractivity contribution < 1.29 is 14.3 Å². The summed E-state index contributed by atoms with van der Waals surface area (Å²) in [5.74, 6) is 0.378. The van der Waals surface area contributed by atoms with Gasteiger partial charge >= 0.3 is 0 Å². The van der Waals surface area contributed by atoms with E-state index >= 15 is 0 Å². The third kappa shape index (κ3) is 4.88. The maximum Gasteiger partial charge on any atom is 0.227 e. The van der Waals surface area contributed by atoms with E-state index in [2.05, 4.69) is 17.4 Å². The van der Waals surface area contributed by atoms with Crippen LogP contribution in [-0.4, -0.2) is 31.5 Å². The molecule has 5 nitrogen and oxygen atoms in total. The van der Waals surface area contributed by atoms with Crippen molar-refractivity contribution in [2.45, 2.75) is 32.2 Å². The lowest BCUT2D eigenvalue weighted by Crippen LogP contribution is -2.38. The third-order valence-corrected chi connectivity index (χ3v) is 4.98. The molecule has 5 heteroatoms. The minimum atomic E-state index is -0.307. The third-order valence-electron chi connectivity index (χ3n) is 4.98. The molecule has 1 heterocycles. The molecule has 0 spiro atoms. The molecule has 3 rings (SSSR count). The summed E-state index contributed by atoms with van der Waals surface area (Å²) in [6, 6.07) is 17.6. The highest BCUT2D eigenvalue weighted by Gasteiger charge is 2.35. The first-order valence-corrected chi connectivity index (χ1v) is 9.35. The number of hydrogen-bond donors (Lipinski definition) is 1. The highest BCUT2D eigenvalue weighted by molar-refractivity contribution is 6.00. The summed E-state index contributed by atoms with van der Waals surface area (Å²) >= 11 is 0. The fourth-order valence-electron chi connectivity index (χ4n) is 3.36. The van der Waals surface area contributed by atoms with Gasteiger partial charge < -0.3 is 15.0 Å². The Morgan fingerprint density at radius 3 is 2.56 bits per heavy atom. The van der Waals surface area contributed by atoms with Gasteiger partial charge in [0.25, 0.3) is 0 Å². The summed E-state index contributed by atoms with van der Waals surface area (Å²) in [7, 11) is 1.61. The van der Waals surface area contributed by atoms with Crippen molar-refractivity contribution in [3.05, 3.63) is 60.2 Å². The van der Waals surface area contributed by atoms with E-state index in [0.717, 1.165) is 24.3 Å². The summed E-state index contributed by atoms with van der Waals surface area (Å²) in [6.07, 6.45) is 2.05. The molecule has 2 aromatic carbocycles. The van der Waals surface area contributed by atoms with Gasteiger partial charge in [0.05, 0.1) is 13.0 Å². The highest BCUT2D eigenvalue weighted by atomic mass is 16.5. The van der Waals surface area contributed by atoms with Crippen LogP contribution in [0.15, 0.2) is 54.6 Å². The van der Waals surface area contributed by atoms with Crippen LogP contribution in [0.5, 0.6) is 5.75 Å². The van der Waals surface area contributed by atoms with Crippen LogP contribution in [0, 0.1) is 5.92 Å². The molecule has 2 atom stereocenters. The monoisotopic (exact) mass is 366 g/mol. The molecular weight excluding hydrogens is 340 g/mol. The fraction of sp³-hybridized carbons (Fsp3) is 0.364. The molecule has 27 heavy (non-hydrogen) atoms. The quantitative estimate of drug-likeness (QED) is 0.819. The summed E-state index contributed by atoms with van der Waals surface area (Å²) in [5.41, 5.74) is 2.06. The van der Waals surface area contributed by atoms with Crippen LogP contribution in [0.4, 0.5) is 5.69 Å². The molecule has 1 aliphatic heterocycles. The van der Waals surface area contributed by atoms with E-state index in [1.807, 2.05) is 49.4 Å². The molecule has 1 fully saturated rings. The van der Waals surface area contributed by atoms with Crippen molar-refractivity contribution in [3.8, 4) is 5.75 Å². The Morgan fingerprint density at radius 2 is 1.89 bits per heavy atom. The normalized spacial score (nSPS) is 17.6. The van der Waals surface area contributed by atoms with Crippen molar-refractivity contribution >= 4 is 17.5 Å². The average molecular weight is 366 g/mol. The van der Waals surface area contributed by atoms with Gasteiger partial charge in [0.1, 0.15) is 5.75 Å². The van der Waals surface area contributed by atoms with Crippen LogP contribution in [-0.2, 0) is 16.0 Å². The summed E-state index contributed by atoms with van der Waals surface area (Å²) in [4.78, 5) is 26.6. The van der Waals surface area contributed by atoms with Gasteiger partial charge in [0.15, 0.2) is 0 Å². The zero-order valence-corrected chi connectivity index (χ0v) is 15.9. The Labute approximate surface area is 160 Å².